The van der Waals surface area contributed by atoms with Crippen molar-refractivity contribution < 1.29 is 29.0 Å². The van der Waals surface area contributed by atoms with E-state index in [-0.39, 0.29) is 30.2 Å². The summed E-state index contributed by atoms with van der Waals surface area (Å²) in [6.45, 7) is 4.04. The predicted octanol–water partition coefficient (Wildman–Crippen LogP) is 2.81. The molecular formula is C25H25N3O6. The Morgan fingerprint density at radius 1 is 1.12 bits per heavy atom. The number of Topliss-reactive ketones (excluding diaryl/α,β-unsaturated/α-hetero) is 1. The summed E-state index contributed by atoms with van der Waals surface area (Å²) in [6, 6.07) is 9.28. The maximum Gasteiger partial charge on any atom is 0.337 e. The van der Waals surface area contributed by atoms with Crippen LogP contribution in [0.2, 0.25) is 0 Å². The molecule has 1 aliphatic heterocycles. The molecule has 0 saturated carbocycles. The molecule has 2 aromatic heterocycles. The van der Waals surface area contributed by atoms with Crippen molar-refractivity contribution in [3.63, 3.8) is 0 Å². The van der Waals surface area contributed by atoms with Crippen LogP contribution in [0.25, 0.3) is 11.4 Å². The molecule has 0 bridgehead atoms. The van der Waals surface area contributed by atoms with E-state index in [1.807, 2.05) is 29.7 Å². The smallest absolute Gasteiger partial charge is 0.337 e. The second-order valence-electron chi connectivity index (χ2n) is 8.03. The number of nitrogens with zero attached hydrogens (tertiary/aromatic N) is 3. The van der Waals surface area contributed by atoms with E-state index in [0.717, 1.165) is 5.56 Å². The molecule has 1 atom stereocenters. The van der Waals surface area contributed by atoms with E-state index in [1.54, 1.807) is 31.2 Å². The van der Waals surface area contributed by atoms with Crippen molar-refractivity contribution in [1.82, 2.24) is 14.3 Å². The average molecular weight is 463 g/mol. The fourth-order valence-electron chi connectivity index (χ4n) is 4.24. The number of rotatable bonds is 6. The van der Waals surface area contributed by atoms with Crippen molar-refractivity contribution >= 4 is 29.1 Å². The molecule has 34 heavy (non-hydrogen) atoms. The van der Waals surface area contributed by atoms with Crippen LogP contribution in [-0.4, -0.2) is 64.4 Å². The molecular weight excluding hydrogens is 438 g/mol. The minimum Gasteiger partial charge on any atom is -0.505 e. The largest absolute Gasteiger partial charge is 0.505 e. The van der Waals surface area contributed by atoms with Gasteiger partial charge in [0.1, 0.15) is 11.3 Å². The molecule has 1 N–H and O–H groups in total. The van der Waals surface area contributed by atoms with Gasteiger partial charge in [-0.05, 0) is 43.2 Å². The molecule has 9 nitrogen and oxygen atoms in total. The van der Waals surface area contributed by atoms with E-state index in [2.05, 4.69) is 4.98 Å². The zero-order chi connectivity index (χ0) is 24.6. The molecule has 1 aromatic carbocycles. The van der Waals surface area contributed by atoms with Gasteiger partial charge in [-0.25, -0.2) is 9.78 Å². The van der Waals surface area contributed by atoms with Crippen LogP contribution in [0.3, 0.4) is 0 Å². The van der Waals surface area contributed by atoms with Crippen molar-refractivity contribution in [2.24, 2.45) is 0 Å². The Kier molecular flexibility index (Phi) is 6.21. The number of methoxy groups -OCH3 is 2. The van der Waals surface area contributed by atoms with Crippen molar-refractivity contribution in [1.29, 1.82) is 0 Å². The zero-order valence-electron chi connectivity index (χ0n) is 19.4. The summed E-state index contributed by atoms with van der Waals surface area (Å²) < 4.78 is 11.7. The van der Waals surface area contributed by atoms with E-state index in [4.69, 9.17) is 9.47 Å². The van der Waals surface area contributed by atoms with Crippen molar-refractivity contribution in [3.05, 3.63) is 76.2 Å². The molecule has 1 amide bonds. The monoisotopic (exact) mass is 463 g/mol. The van der Waals surface area contributed by atoms with Crippen molar-refractivity contribution in [2.75, 3.05) is 27.4 Å². The first-order valence-electron chi connectivity index (χ1n) is 10.7. The number of hydrogen-bond acceptors (Lipinski definition) is 7. The fourth-order valence-corrected chi connectivity index (χ4v) is 4.24. The summed E-state index contributed by atoms with van der Waals surface area (Å²) >= 11 is 0. The lowest BCUT2D eigenvalue weighted by molar-refractivity contribution is -0.140. The van der Waals surface area contributed by atoms with Gasteiger partial charge in [0.25, 0.3) is 11.7 Å². The maximum atomic E-state index is 13.1. The van der Waals surface area contributed by atoms with Crippen LogP contribution in [0.15, 0.2) is 48.2 Å². The first kappa shape index (κ1) is 23.2. The van der Waals surface area contributed by atoms with Crippen LogP contribution in [-0.2, 0) is 19.1 Å². The number of carbonyl (C=O) groups is 3. The average Bonchev–Trinajstić information content (AvgIpc) is 3.32. The lowest BCUT2D eigenvalue weighted by Gasteiger charge is -2.25. The highest BCUT2D eigenvalue weighted by Crippen LogP contribution is 2.39. The second-order valence-corrected chi connectivity index (χ2v) is 8.03. The van der Waals surface area contributed by atoms with Crippen molar-refractivity contribution in [2.45, 2.75) is 19.9 Å². The number of likely N-dealkylation sites (tertiary alicyclic amines) is 1. The lowest BCUT2D eigenvalue weighted by Crippen LogP contribution is -2.32. The van der Waals surface area contributed by atoms with Gasteiger partial charge in [-0.1, -0.05) is 18.2 Å². The molecule has 1 aliphatic rings. The van der Waals surface area contributed by atoms with Gasteiger partial charge in [-0.2, -0.15) is 0 Å². The summed E-state index contributed by atoms with van der Waals surface area (Å²) in [4.78, 5) is 43.9. The molecule has 4 rings (SSSR count). The van der Waals surface area contributed by atoms with E-state index < -0.39 is 23.7 Å². The van der Waals surface area contributed by atoms with Crippen LogP contribution in [0.1, 0.15) is 38.9 Å². The number of aliphatic hydroxyl groups is 1. The Hall–Kier alpha value is -3.98. The minimum absolute atomic E-state index is 0.0592. The predicted molar refractivity (Wildman–Crippen MR) is 123 cm³/mol. The molecule has 3 heterocycles. The van der Waals surface area contributed by atoms with Gasteiger partial charge in [-0.15, -0.1) is 0 Å². The summed E-state index contributed by atoms with van der Waals surface area (Å²) in [5.41, 5.74) is 3.24. The summed E-state index contributed by atoms with van der Waals surface area (Å²) in [5, 5.41) is 11.3. The number of benzene rings is 1. The lowest BCUT2D eigenvalue weighted by atomic mass is 9.95. The third kappa shape index (κ3) is 3.73. The van der Waals surface area contributed by atoms with E-state index in [0.29, 0.717) is 22.5 Å². The number of pyridine rings is 1. The normalized spacial score (nSPS) is 17.5. The molecule has 1 fully saturated rings. The number of ketones is 1. The number of carbonyl (C=O) groups excluding carboxylic acids is 3. The summed E-state index contributed by atoms with van der Waals surface area (Å²) in [6.07, 6.45) is 1.82. The summed E-state index contributed by atoms with van der Waals surface area (Å²) in [7, 11) is 2.79. The topological polar surface area (TPSA) is 110 Å². The Bertz CT molecular complexity index is 1320. The van der Waals surface area contributed by atoms with Crippen LogP contribution in [0.4, 0.5) is 0 Å². The highest BCUT2D eigenvalue weighted by molar-refractivity contribution is 6.46. The third-order valence-corrected chi connectivity index (χ3v) is 6.03. The first-order valence-corrected chi connectivity index (χ1v) is 10.7. The number of hydrogen-bond donors (Lipinski definition) is 1. The molecule has 1 unspecified atom stereocenters. The number of aromatic nitrogens is 2. The van der Waals surface area contributed by atoms with Gasteiger partial charge >= 0.3 is 5.97 Å². The SMILES string of the molecule is COCCN1C(=O)C(=O)/C(=C(/O)c2nc3c(C)cccn3c2C)C1c1ccc(C(=O)OC)cc1. The molecule has 0 aliphatic carbocycles. The minimum atomic E-state index is -0.868. The van der Waals surface area contributed by atoms with Gasteiger partial charge in [0.05, 0.1) is 36.6 Å². The number of amides is 1. The van der Waals surface area contributed by atoms with E-state index in [1.165, 1.54) is 19.1 Å². The molecule has 0 spiro atoms. The van der Waals surface area contributed by atoms with E-state index in [9.17, 15) is 19.5 Å². The number of ether oxygens (including phenoxy) is 2. The van der Waals surface area contributed by atoms with Gasteiger partial charge in [0, 0.05) is 19.9 Å². The third-order valence-electron chi connectivity index (χ3n) is 6.03. The second kappa shape index (κ2) is 9.11. The molecule has 3 aromatic rings. The van der Waals surface area contributed by atoms with Gasteiger partial charge in [0.15, 0.2) is 5.76 Å². The summed E-state index contributed by atoms with van der Waals surface area (Å²) in [5.74, 6) is -2.39. The number of imidazole rings is 1. The molecule has 0 radical (unpaired) electrons. The number of esters is 1. The highest BCUT2D eigenvalue weighted by Gasteiger charge is 2.46. The standard InChI is InChI=1S/C25H25N3O6/c1-14-6-5-11-27-15(2)19(26-23(14)27)21(29)18-20(28(12-13-33-3)24(31)22(18)30)16-7-9-17(10-8-16)25(32)34-4/h5-11,20,29H,12-13H2,1-4H3/b21-18+. The number of aliphatic hydroxyl groups excluding tert-OH is 1. The van der Waals surface area contributed by atoms with Crippen LogP contribution in [0.5, 0.6) is 0 Å². The van der Waals surface area contributed by atoms with E-state index >= 15 is 0 Å². The quantitative estimate of drug-likeness (QED) is 0.259. The van der Waals surface area contributed by atoms with Crippen LogP contribution >= 0.6 is 0 Å². The molecule has 9 heteroatoms. The zero-order valence-corrected chi connectivity index (χ0v) is 19.4. The first-order chi connectivity index (χ1) is 16.3. The molecule has 176 valence electrons. The van der Waals surface area contributed by atoms with Gasteiger partial charge < -0.3 is 23.9 Å². The van der Waals surface area contributed by atoms with Crippen LogP contribution < -0.4 is 0 Å². The maximum absolute atomic E-state index is 13.1. The van der Waals surface area contributed by atoms with Gasteiger partial charge in [-0.3, -0.25) is 9.59 Å². The van der Waals surface area contributed by atoms with Crippen LogP contribution in [0, 0.1) is 13.8 Å². The molecule has 1 saturated heterocycles. The Balaban J connectivity index is 1.89. The fraction of sp³-hybridized carbons (Fsp3) is 0.280. The Morgan fingerprint density at radius 2 is 1.82 bits per heavy atom. The number of aryl methyl sites for hydroxylation is 2. The Labute approximate surface area is 196 Å². The number of fused-ring (bicyclic) bond motifs is 1. The highest BCUT2D eigenvalue weighted by atomic mass is 16.5. The van der Waals surface area contributed by atoms with Gasteiger partial charge in [0.2, 0.25) is 0 Å². The Morgan fingerprint density at radius 3 is 2.44 bits per heavy atom. The van der Waals surface area contributed by atoms with Crippen molar-refractivity contribution in [3.8, 4) is 0 Å².